The number of methoxy groups -OCH3 is 1. The maximum Gasteiger partial charge on any atom is 0.314 e. The zero-order valence-electron chi connectivity index (χ0n) is 13.4. The van der Waals surface area contributed by atoms with Crippen LogP contribution in [0, 0.1) is 0 Å². The summed E-state index contributed by atoms with van der Waals surface area (Å²) in [5.74, 6) is -0.214. The molecule has 0 spiro atoms. The highest BCUT2D eigenvalue weighted by atomic mass is 16.5. The largest absolute Gasteiger partial charge is 0.469 e. The molecule has 3 heteroatoms. The number of aromatic nitrogens is 1. The van der Waals surface area contributed by atoms with Crippen molar-refractivity contribution in [3.05, 3.63) is 23.5 Å². The number of esters is 1. The molecule has 1 unspecified atom stereocenters. The van der Waals surface area contributed by atoms with E-state index in [1.165, 1.54) is 12.7 Å². The molecule has 1 aromatic rings. The van der Waals surface area contributed by atoms with Gasteiger partial charge in [0.1, 0.15) is 0 Å². The number of rotatable bonds is 9. The molecule has 20 heavy (non-hydrogen) atoms. The molecule has 0 aliphatic rings. The van der Waals surface area contributed by atoms with Crippen molar-refractivity contribution in [2.24, 2.45) is 0 Å². The van der Waals surface area contributed by atoms with Crippen molar-refractivity contribution in [3.63, 3.8) is 0 Å². The quantitative estimate of drug-likeness (QED) is 0.631. The molecule has 0 bridgehead atoms. The number of carbonyl (C=O) groups excluding carboxylic acids is 1. The minimum Gasteiger partial charge on any atom is -0.469 e. The van der Waals surface area contributed by atoms with Crippen LogP contribution < -0.4 is 0 Å². The summed E-state index contributed by atoms with van der Waals surface area (Å²) in [5.41, 5.74) is 2.44. The Hall–Kier alpha value is -1.25. The first kappa shape index (κ1) is 16.8. The summed E-state index contributed by atoms with van der Waals surface area (Å²) in [5, 5.41) is 0. The van der Waals surface area contributed by atoms with Crippen molar-refractivity contribution in [2.45, 2.75) is 71.8 Å². The molecule has 1 aromatic heterocycles. The highest BCUT2D eigenvalue weighted by Crippen LogP contribution is 2.26. The van der Waals surface area contributed by atoms with Crippen LogP contribution in [0.1, 0.15) is 70.1 Å². The molecule has 0 aliphatic heterocycles. The highest BCUT2D eigenvalue weighted by molar-refractivity contribution is 5.77. The fourth-order valence-electron chi connectivity index (χ4n) is 2.54. The standard InChI is InChI=1S/C17H29NO2/c1-5-8-10-15(17(19)20-4)16-12-14(7-3)13-18(16)11-9-6-2/h12-13,15H,5-11H2,1-4H3. The molecule has 0 N–H and O–H groups in total. The van der Waals surface area contributed by atoms with Gasteiger partial charge in [0.15, 0.2) is 0 Å². The predicted molar refractivity (Wildman–Crippen MR) is 83.0 cm³/mol. The van der Waals surface area contributed by atoms with Crippen LogP contribution in [0.25, 0.3) is 0 Å². The molecule has 0 fully saturated rings. The molecule has 114 valence electrons. The topological polar surface area (TPSA) is 31.2 Å². The molecule has 0 amide bonds. The third-order valence-electron chi connectivity index (χ3n) is 3.84. The minimum atomic E-state index is -0.114. The van der Waals surface area contributed by atoms with Crippen molar-refractivity contribution in [3.8, 4) is 0 Å². The molecular weight excluding hydrogens is 250 g/mol. The van der Waals surface area contributed by atoms with E-state index in [9.17, 15) is 4.79 Å². The maximum absolute atomic E-state index is 12.1. The van der Waals surface area contributed by atoms with Crippen LogP contribution in [-0.4, -0.2) is 17.6 Å². The van der Waals surface area contributed by atoms with Crippen LogP contribution in [0.4, 0.5) is 0 Å². The maximum atomic E-state index is 12.1. The van der Waals surface area contributed by atoms with Crippen molar-refractivity contribution in [1.29, 1.82) is 0 Å². The van der Waals surface area contributed by atoms with E-state index in [1.807, 2.05) is 0 Å². The van der Waals surface area contributed by atoms with Crippen LogP contribution in [-0.2, 0) is 22.5 Å². The van der Waals surface area contributed by atoms with Gasteiger partial charge in [0.05, 0.1) is 13.0 Å². The summed E-state index contributed by atoms with van der Waals surface area (Å²) in [6.45, 7) is 7.49. The number of unbranched alkanes of at least 4 members (excludes halogenated alkanes) is 2. The van der Waals surface area contributed by atoms with E-state index in [-0.39, 0.29) is 11.9 Å². The summed E-state index contributed by atoms with van der Waals surface area (Å²) >= 11 is 0. The number of aryl methyl sites for hydroxylation is 2. The smallest absolute Gasteiger partial charge is 0.314 e. The van der Waals surface area contributed by atoms with Gasteiger partial charge in [0.2, 0.25) is 0 Å². The highest BCUT2D eigenvalue weighted by Gasteiger charge is 2.24. The number of hydrogen-bond donors (Lipinski definition) is 0. The third kappa shape index (κ3) is 4.39. The average Bonchev–Trinajstić information content (AvgIpc) is 2.88. The van der Waals surface area contributed by atoms with Gasteiger partial charge in [0, 0.05) is 18.4 Å². The number of nitrogens with zero attached hydrogens (tertiary/aromatic N) is 1. The molecule has 3 nitrogen and oxygen atoms in total. The van der Waals surface area contributed by atoms with Crippen molar-refractivity contribution >= 4 is 5.97 Å². The van der Waals surface area contributed by atoms with E-state index in [0.29, 0.717) is 0 Å². The lowest BCUT2D eigenvalue weighted by atomic mass is 9.98. The number of ether oxygens (including phenoxy) is 1. The SMILES string of the molecule is CCCCC(C(=O)OC)c1cc(CC)cn1CCCC. The van der Waals surface area contributed by atoms with Crippen LogP contribution >= 0.6 is 0 Å². The Morgan fingerprint density at radius 1 is 1.25 bits per heavy atom. The number of hydrogen-bond acceptors (Lipinski definition) is 2. The second kappa shape index (κ2) is 8.83. The summed E-state index contributed by atoms with van der Waals surface area (Å²) in [7, 11) is 1.49. The third-order valence-corrected chi connectivity index (χ3v) is 3.84. The molecule has 0 radical (unpaired) electrons. The first-order valence-corrected chi connectivity index (χ1v) is 7.94. The first-order valence-electron chi connectivity index (χ1n) is 7.94. The zero-order chi connectivity index (χ0) is 15.0. The van der Waals surface area contributed by atoms with E-state index >= 15 is 0 Å². The predicted octanol–water partition coefficient (Wildman–Crippen LogP) is 4.30. The molecule has 0 saturated heterocycles. The van der Waals surface area contributed by atoms with E-state index in [2.05, 4.69) is 37.6 Å². The fraction of sp³-hybridized carbons (Fsp3) is 0.706. The second-order valence-corrected chi connectivity index (χ2v) is 5.39. The van der Waals surface area contributed by atoms with Gasteiger partial charge in [-0.25, -0.2) is 0 Å². The van der Waals surface area contributed by atoms with Crippen molar-refractivity contribution < 1.29 is 9.53 Å². The van der Waals surface area contributed by atoms with E-state index in [4.69, 9.17) is 4.74 Å². The Morgan fingerprint density at radius 3 is 2.50 bits per heavy atom. The molecule has 1 rings (SSSR count). The summed E-state index contributed by atoms with van der Waals surface area (Å²) in [6, 6.07) is 2.19. The van der Waals surface area contributed by atoms with E-state index in [0.717, 1.165) is 50.8 Å². The monoisotopic (exact) mass is 279 g/mol. The van der Waals surface area contributed by atoms with Crippen LogP contribution in [0.2, 0.25) is 0 Å². The Balaban J connectivity index is 3.02. The summed E-state index contributed by atoms with van der Waals surface area (Å²) in [4.78, 5) is 12.1. The molecule has 0 aliphatic carbocycles. The Morgan fingerprint density at radius 2 is 1.95 bits per heavy atom. The molecule has 0 aromatic carbocycles. The van der Waals surface area contributed by atoms with Crippen molar-refractivity contribution in [2.75, 3.05) is 7.11 Å². The molecule has 1 heterocycles. The van der Waals surface area contributed by atoms with Gasteiger partial charge in [-0.3, -0.25) is 4.79 Å². The van der Waals surface area contributed by atoms with Crippen LogP contribution in [0.3, 0.4) is 0 Å². The van der Waals surface area contributed by atoms with Gasteiger partial charge in [-0.05, 0) is 30.9 Å². The van der Waals surface area contributed by atoms with Gasteiger partial charge in [-0.15, -0.1) is 0 Å². The molecule has 1 atom stereocenters. The van der Waals surface area contributed by atoms with Gasteiger partial charge in [-0.1, -0.05) is 40.0 Å². The molecule has 0 saturated carbocycles. The lowest BCUT2D eigenvalue weighted by molar-refractivity contribution is -0.142. The summed E-state index contributed by atoms with van der Waals surface area (Å²) in [6.07, 6.45) is 8.55. The zero-order valence-corrected chi connectivity index (χ0v) is 13.4. The van der Waals surface area contributed by atoms with Gasteiger partial charge < -0.3 is 9.30 Å². The van der Waals surface area contributed by atoms with Crippen molar-refractivity contribution in [1.82, 2.24) is 4.57 Å². The van der Waals surface area contributed by atoms with E-state index < -0.39 is 0 Å². The Kier molecular flexibility index (Phi) is 7.42. The van der Waals surface area contributed by atoms with Gasteiger partial charge >= 0.3 is 5.97 Å². The molecular formula is C17H29NO2. The average molecular weight is 279 g/mol. The van der Waals surface area contributed by atoms with E-state index in [1.54, 1.807) is 0 Å². The van der Waals surface area contributed by atoms with Crippen LogP contribution in [0.5, 0.6) is 0 Å². The Bertz CT molecular complexity index is 409. The van der Waals surface area contributed by atoms with Gasteiger partial charge in [-0.2, -0.15) is 0 Å². The summed E-state index contributed by atoms with van der Waals surface area (Å²) < 4.78 is 7.28. The number of carbonyl (C=O) groups is 1. The normalized spacial score (nSPS) is 12.4. The lowest BCUT2D eigenvalue weighted by Crippen LogP contribution is -2.18. The minimum absolute atomic E-state index is 0.100. The fourth-order valence-corrected chi connectivity index (χ4v) is 2.54. The first-order chi connectivity index (χ1) is 9.67. The lowest BCUT2D eigenvalue weighted by Gasteiger charge is -2.17. The second-order valence-electron chi connectivity index (χ2n) is 5.39. The Labute approximate surface area is 123 Å². The van der Waals surface area contributed by atoms with Crippen LogP contribution in [0.15, 0.2) is 12.3 Å². The van der Waals surface area contributed by atoms with Gasteiger partial charge in [0.25, 0.3) is 0 Å².